The molecule has 0 aromatic rings. The number of hydrogen-bond donors (Lipinski definition) is 0. The average Bonchev–Trinajstić information content (AvgIpc) is 2.25. The van der Waals surface area contributed by atoms with Gasteiger partial charge in [0, 0.05) is 28.1 Å². The zero-order chi connectivity index (χ0) is 12.8. The van der Waals surface area contributed by atoms with Gasteiger partial charge >= 0.3 is 5.97 Å². The largest absolute Gasteiger partial charge is 0.469 e. The van der Waals surface area contributed by atoms with Crippen LogP contribution >= 0.6 is 0 Å². The van der Waals surface area contributed by atoms with Gasteiger partial charge in [0.1, 0.15) is 0 Å². The topological polar surface area (TPSA) is 77.5 Å². The van der Waals surface area contributed by atoms with Crippen LogP contribution < -0.4 is 0 Å². The van der Waals surface area contributed by atoms with Crippen molar-refractivity contribution < 1.29 is 22.2 Å². The Balaban J connectivity index is 4.06. The van der Waals surface area contributed by atoms with Gasteiger partial charge in [0.05, 0.1) is 18.8 Å². The van der Waals surface area contributed by atoms with E-state index in [2.05, 4.69) is 4.74 Å². The maximum absolute atomic E-state index is 11.5. The molecule has 0 spiro atoms. The maximum atomic E-state index is 11.5. The molecule has 0 aliphatic carbocycles. The number of rotatable bonds is 7. The highest BCUT2D eigenvalue weighted by molar-refractivity contribution is 7.93. The highest BCUT2D eigenvalue weighted by atomic mass is 32.2. The molecule has 0 saturated heterocycles. The first-order valence-electron chi connectivity index (χ1n) is 4.95. The SMILES string of the molecule is CCS(=O)(=O)CCS(=O)CC(C)C(=O)OC. The van der Waals surface area contributed by atoms with E-state index in [1.807, 2.05) is 0 Å². The second-order valence-corrected chi connectivity index (χ2v) is 7.57. The number of methoxy groups -OCH3 is 1. The third-order valence-corrected chi connectivity index (χ3v) is 5.60. The molecule has 0 radical (unpaired) electrons. The molecule has 0 saturated carbocycles. The van der Waals surface area contributed by atoms with E-state index in [4.69, 9.17) is 0 Å². The number of sulfone groups is 1. The smallest absolute Gasteiger partial charge is 0.309 e. The van der Waals surface area contributed by atoms with Crippen LogP contribution in [0.2, 0.25) is 0 Å². The van der Waals surface area contributed by atoms with Crippen molar-refractivity contribution in [3.8, 4) is 0 Å². The van der Waals surface area contributed by atoms with Crippen LogP contribution in [0.5, 0.6) is 0 Å². The van der Waals surface area contributed by atoms with Crippen molar-refractivity contribution in [2.75, 3.05) is 30.1 Å². The predicted octanol–water partition coefficient (Wildman–Crippen LogP) is -0.0211. The summed E-state index contributed by atoms with van der Waals surface area (Å²) in [5, 5.41) is 0. The Bertz CT molecular complexity index is 347. The van der Waals surface area contributed by atoms with Gasteiger partial charge in [-0.05, 0) is 0 Å². The number of carbonyl (C=O) groups is 1. The molecule has 0 rings (SSSR count). The molecule has 7 heteroatoms. The molecule has 16 heavy (non-hydrogen) atoms. The first-order chi connectivity index (χ1) is 7.32. The molecule has 0 bridgehead atoms. The van der Waals surface area contributed by atoms with Crippen molar-refractivity contribution >= 4 is 26.6 Å². The van der Waals surface area contributed by atoms with Crippen LogP contribution in [0.25, 0.3) is 0 Å². The molecule has 0 amide bonds. The van der Waals surface area contributed by atoms with Gasteiger partial charge in [-0.15, -0.1) is 0 Å². The molecule has 2 atom stereocenters. The summed E-state index contributed by atoms with van der Waals surface area (Å²) in [6.45, 7) is 3.16. The summed E-state index contributed by atoms with van der Waals surface area (Å²) >= 11 is 0. The third kappa shape index (κ3) is 6.22. The van der Waals surface area contributed by atoms with Crippen LogP contribution in [-0.2, 0) is 30.2 Å². The van der Waals surface area contributed by atoms with E-state index in [-0.39, 0.29) is 23.0 Å². The van der Waals surface area contributed by atoms with E-state index >= 15 is 0 Å². The van der Waals surface area contributed by atoms with Crippen LogP contribution in [-0.4, -0.2) is 48.7 Å². The Hall–Kier alpha value is -0.430. The zero-order valence-electron chi connectivity index (χ0n) is 9.76. The lowest BCUT2D eigenvalue weighted by molar-refractivity contribution is -0.144. The molecule has 0 fully saturated rings. The van der Waals surface area contributed by atoms with Crippen LogP contribution in [0.3, 0.4) is 0 Å². The van der Waals surface area contributed by atoms with E-state index in [1.54, 1.807) is 13.8 Å². The van der Waals surface area contributed by atoms with Crippen LogP contribution in [0.1, 0.15) is 13.8 Å². The van der Waals surface area contributed by atoms with Gasteiger partial charge in [-0.3, -0.25) is 9.00 Å². The Morgan fingerprint density at radius 2 is 2.00 bits per heavy atom. The molecule has 0 aromatic heterocycles. The standard InChI is InChI=1S/C9H18O5S2/c1-4-16(12,13)6-5-15(11)7-8(2)9(10)14-3/h8H,4-7H2,1-3H3. The minimum absolute atomic E-state index is 0.0523. The molecule has 2 unspecified atom stereocenters. The third-order valence-electron chi connectivity index (χ3n) is 2.10. The van der Waals surface area contributed by atoms with Crippen LogP contribution in [0, 0.1) is 5.92 Å². The molecule has 0 aromatic carbocycles. The fourth-order valence-corrected chi connectivity index (χ4v) is 3.90. The van der Waals surface area contributed by atoms with Crippen molar-refractivity contribution in [3.05, 3.63) is 0 Å². The van der Waals surface area contributed by atoms with E-state index < -0.39 is 32.5 Å². The van der Waals surface area contributed by atoms with Crippen LogP contribution in [0.15, 0.2) is 0 Å². The summed E-state index contributed by atoms with van der Waals surface area (Å²) in [4.78, 5) is 11.0. The summed E-state index contributed by atoms with van der Waals surface area (Å²) < 4.78 is 38.3. The maximum Gasteiger partial charge on any atom is 0.309 e. The normalized spacial score (nSPS) is 15.4. The van der Waals surface area contributed by atoms with Crippen molar-refractivity contribution in [2.45, 2.75) is 13.8 Å². The molecular weight excluding hydrogens is 252 g/mol. The molecule has 96 valence electrons. The van der Waals surface area contributed by atoms with Gasteiger partial charge in [0.15, 0.2) is 9.84 Å². The predicted molar refractivity (Wildman–Crippen MR) is 63.4 cm³/mol. The molecular formula is C9H18O5S2. The Labute approximate surface area is 98.9 Å². The number of carbonyl (C=O) groups excluding carboxylic acids is 1. The fourth-order valence-electron chi connectivity index (χ4n) is 0.996. The van der Waals surface area contributed by atoms with Crippen molar-refractivity contribution in [3.63, 3.8) is 0 Å². The summed E-state index contributed by atoms with van der Waals surface area (Å²) in [5.74, 6) is -0.702. The molecule has 0 heterocycles. The summed E-state index contributed by atoms with van der Waals surface area (Å²) in [6, 6.07) is 0. The average molecular weight is 270 g/mol. The Morgan fingerprint density at radius 1 is 1.44 bits per heavy atom. The van der Waals surface area contributed by atoms with E-state index in [0.29, 0.717) is 0 Å². The lowest BCUT2D eigenvalue weighted by Gasteiger charge is -2.08. The molecule has 0 aliphatic rings. The Kier molecular flexibility index (Phi) is 6.82. The van der Waals surface area contributed by atoms with E-state index in [9.17, 15) is 17.4 Å². The first kappa shape index (κ1) is 15.6. The molecule has 5 nitrogen and oxygen atoms in total. The van der Waals surface area contributed by atoms with E-state index in [1.165, 1.54) is 7.11 Å². The lowest BCUT2D eigenvalue weighted by atomic mass is 10.2. The number of hydrogen-bond acceptors (Lipinski definition) is 5. The van der Waals surface area contributed by atoms with Gasteiger partial charge in [0.25, 0.3) is 0 Å². The minimum atomic E-state index is -3.09. The highest BCUT2D eigenvalue weighted by Crippen LogP contribution is 2.02. The van der Waals surface area contributed by atoms with Crippen molar-refractivity contribution in [2.24, 2.45) is 5.92 Å². The Morgan fingerprint density at radius 3 is 2.44 bits per heavy atom. The second-order valence-electron chi connectivity index (χ2n) is 3.47. The first-order valence-corrected chi connectivity index (χ1v) is 8.26. The molecule has 0 N–H and O–H groups in total. The summed E-state index contributed by atoms with van der Waals surface area (Å²) in [7, 11) is -3.12. The second kappa shape index (κ2) is 7.01. The van der Waals surface area contributed by atoms with Gasteiger partial charge in [-0.2, -0.15) is 0 Å². The van der Waals surface area contributed by atoms with Crippen LogP contribution in [0.4, 0.5) is 0 Å². The van der Waals surface area contributed by atoms with E-state index in [0.717, 1.165) is 0 Å². The van der Waals surface area contributed by atoms with Crippen molar-refractivity contribution in [1.29, 1.82) is 0 Å². The van der Waals surface area contributed by atoms with Crippen molar-refractivity contribution in [1.82, 2.24) is 0 Å². The summed E-state index contributed by atoms with van der Waals surface area (Å²) in [6.07, 6.45) is 0. The number of esters is 1. The quantitative estimate of drug-likeness (QED) is 0.608. The highest BCUT2D eigenvalue weighted by Gasteiger charge is 2.18. The zero-order valence-corrected chi connectivity index (χ0v) is 11.4. The summed E-state index contributed by atoms with van der Waals surface area (Å²) in [5.41, 5.74) is 0. The van der Waals surface area contributed by atoms with Gasteiger partial charge in [0.2, 0.25) is 0 Å². The fraction of sp³-hybridized carbons (Fsp3) is 0.889. The monoisotopic (exact) mass is 270 g/mol. The number of ether oxygens (including phenoxy) is 1. The van der Waals surface area contributed by atoms with Gasteiger partial charge in [-0.25, -0.2) is 8.42 Å². The minimum Gasteiger partial charge on any atom is -0.469 e. The lowest BCUT2D eigenvalue weighted by Crippen LogP contribution is -2.23. The van der Waals surface area contributed by atoms with Gasteiger partial charge < -0.3 is 4.74 Å². The van der Waals surface area contributed by atoms with Gasteiger partial charge in [-0.1, -0.05) is 13.8 Å². The molecule has 0 aliphatic heterocycles.